The Hall–Kier alpha value is -2.28. The Bertz CT molecular complexity index is 699. The number of halogens is 2. The summed E-state index contributed by atoms with van der Waals surface area (Å²) in [5.74, 6) is -3.80. The molecule has 1 heterocycles. The number of aryl methyl sites for hydroxylation is 1. The number of carboxylic acids is 1. The molecule has 0 saturated heterocycles. The van der Waals surface area contributed by atoms with E-state index in [1.165, 1.54) is 11.3 Å². The van der Waals surface area contributed by atoms with Crippen molar-refractivity contribution >= 4 is 23.2 Å². The van der Waals surface area contributed by atoms with Gasteiger partial charge >= 0.3 is 5.97 Å². The summed E-state index contributed by atoms with van der Waals surface area (Å²) in [4.78, 5) is 23.3. The van der Waals surface area contributed by atoms with E-state index in [1.807, 2.05) is 0 Å². The normalized spacial score (nSPS) is 12.0. The Morgan fingerprint density at radius 2 is 2.00 bits per heavy atom. The van der Waals surface area contributed by atoms with Crippen molar-refractivity contribution in [1.82, 2.24) is 5.32 Å². The molecule has 1 unspecified atom stereocenters. The summed E-state index contributed by atoms with van der Waals surface area (Å²) in [6.07, 6.45) is 0. The van der Waals surface area contributed by atoms with Gasteiger partial charge in [0, 0.05) is 10.9 Å². The number of thiophene rings is 1. The topological polar surface area (TPSA) is 66.4 Å². The molecular weight excluding hydrogens is 300 g/mol. The summed E-state index contributed by atoms with van der Waals surface area (Å²) in [6, 6.07) is 0.799. The summed E-state index contributed by atoms with van der Waals surface area (Å²) in [6.45, 7) is 1.70. The molecule has 0 fully saturated rings. The van der Waals surface area contributed by atoms with E-state index in [-0.39, 0.29) is 0 Å². The number of amides is 1. The van der Waals surface area contributed by atoms with Crippen molar-refractivity contribution in [2.75, 3.05) is 0 Å². The smallest absolute Gasteiger partial charge is 0.331 e. The lowest BCUT2D eigenvalue weighted by molar-refractivity contribution is -0.139. The van der Waals surface area contributed by atoms with Crippen LogP contribution in [0.15, 0.2) is 29.0 Å². The number of hydrogen-bond donors (Lipinski definition) is 2. The highest BCUT2D eigenvalue weighted by Crippen LogP contribution is 2.21. The fourth-order valence-electron chi connectivity index (χ4n) is 1.81. The second kappa shape index (κ2) is 6.01. The number of carbonyl (C=O) groups is 2. The lowest BCUT2D eigenvalue weighted by Crippen LogP contribution is -2.34. The van der Waals surface area contributed by atoms with Gasteiger partial charge in [-0.2, -0.15) is 11.3 Å². The van der Waals surface area contributed by atoms with Crippen LogP contribution in [0.3, 0.4) is 0 Å². The Morgan fingerprint density at radius 3 is 2.57 bits per heavy atom. The average molecular weight is 311 g/mol. The maximum atomic E-state index is 13.7. The largest absolute Gasteiger partial charge is 0.479 e. The van der Waals surface area contributed by atoms with Crippen molar-refractivity contribution in [1.29, 1.82) is 0 Å². The molecule has 0 aliphatic heterocycles. The van der Waals surface area contributed by atoms with Crippen LogP contribution in [0.1, 0.15) is 27.5 Å². The standard InChI is InChI=1S/C14H11F2NO3S/c1-7-5-21-6-10(7)13(18)17-12(14(19)20)9-4-8(15)2-3-11(9)16/h2-6,12H,1H3,(H,17,18)(H,19,20). The maximum Gasteiger partial charge on any atom is 0.331 e. The van der Waals surface area contributed by atoms with Gasteiger partial charge in [0.05, 0.1) is 5.56 Å². The minimum atomic E-state index is -1.66. The van der Waals surface area contributed by atoms with Crippen LogP contribution in [0.25, 0.3) is 0 Å². The highest BCUT2D eigenvalue weighted by molar-refractivity contribution is 7.08. The number of carbonyl (C=O) groups excluding carboxylic acids is 1. The molecule has 4 nitrogen and oxygen atoms in total. The van der Waals surface area contributed by atoms with Gasteiger partial charge in [-0.1, -0.05) is 0 Å². The second-order valence-electron chi connectivity index (χ2n) is 4.38. The first-order valence-electron chi connectivity index (χ1n) is 5.91. The van der Waals surface area contributed by atoms with Crippen molar-refractivity contribution in [3.05, 3.63) is 57.3 Å². The second-order valence-corrected chi connectivity index (χ2v) is 5.12. The van der Waals surface area contributed by atoms with Crippen molar-refractivity contribution < 1.29 is 23.5 Å². The minimum absolute atomic E-state index is 0.308. The fourth-order valence-corrected chi connectivity index (χ4v) is 2.64. The van der Waals surface area contributed by atoms with Crippen LogP contribution in [0, 0.1) is 18.6 Å². The monoisotopic (exact) mass is 311 g/mol. The van der Waals surface area contributed by atoms with Gasteiger partial charge in [0.2, 0.25) is 0 Å². The highest BCUT2D eigenvalue weighted by Gasteiger charge is 2.26. The molecule has 21 heavy (non-hydrogen) atoms. The molecule has 2 rings (SSSR count). The minimum Gasteiger partial charge on any atom is -0.479 e. The summed E-state index contributed by atoms with van der Waals surface area (Å²) < 4.78 is 26.8. The molecule has 0 spiro atoms. The van der Waals surface area contributed by atoms with Gasteiger partial charge in [-0.3, -0.25) is 4.79 Å². The van der Waals surface area contributed by atoms with Crippen LogP contribution in [-0.2, 0) is 4.79 Å². The van der Waals surface area contributed by atoms with E-state index in [9.17, 15) is 18.4 Å². The van der Waals surface area contributed by atoms with Crippen LogP contribution in [-0.4, -0.2) is 17.0 Å². The van der Waals surface area contributed by atoms with Gasteiger partial charge in [-0.25, -0.2) is 13.6 Å². The Kier molecular flexibility index (Phi) is 4.32. The van der Waals surface area contributed by atoms with Crippen LogP contribution >= 0.6 is 11.3 Å². The number of rotatable bonds is 4. The Labute approximate surface area is 123 Å². The van der Waals surface area contributed by atoms with Gasteiger partial charge < -0.3 is 10.4 Å². The zero-order chi connectivity index (χ0) is 15.6. The van der Waals surface area contributed by atoms with E-state index < -0.39 is 35.1 Å². The molecule has 0 aliphatic rings. The van der Waals surface area contributed by atoms with Crippen molar-refractivity contribution in [2.45, 2.75) is 13.0 Å². The third-order valence-electron chi connectivity index (χ3n) is 2.89. The SMILES string of the molecule is Cc1cscc1C(=O)NC(C(=O)O)c1cc(F)ccc1F. The molecule has 0 bridgehead atoms. The summed E-state index contributed by atoms with van der Waals surface area (Å²) in [5, 5.41) is 14.7. The molecule has 1 amide bonds. The first-order valence-corrected chi connectivity index (χ1v) is 6.86. The third-order valence-corrected chi connectivity index (χ3v) is 3.75. The fraction of sp³-hybridized carbons (Fsp3) is 0.143. The molecule has 0 aliphatic carbocycles. The van der Waals surface area contributed by atoms with Crippen LogP contribution < -0.4 is 5.32 Å². The molecule has 0 radical (unpaired) electrons. The van der Waals surface area contributed by atoms with E-state index >= 15 is 0 Å². The Morgan fingerprint density at radius 1 is 1.29 bits per heavy atom. The maximum absolute atomic E-state index is 13.7. The molecule has 1 atom stereocenters. The number of carboxylic acid groups (broad SMARTS) is 1. The molecule has 110 valence electrons. The van der Waals surface area contributed by atoms with Gasteiger partial charge in [-0.05, 0) is 36.1 Å². The summed E-state index contributed by atoms with van der Waals surface area (Å²) >= 11 is 1.29. The zero-order valence-corrected chi connectivity index (χ0v) is 11.7. The number of nitrogens with one attached hydrogen (secondary N) is 1. The summed E-state index contributed by atoms with van der Waals surface area (Å²) in [7, 11) is 0. The molecular formula is C14H11F2NO3S. The molecule has 1 aromatic carbocycles. The third kappa shape index (κ3) is 3.25. The van der Waals surface area contributed by atoms with E-state index in [4.69, 9.17) is 5.11 Å². The van der Waals surface area contributed by atoms with Crippen molar-refractivity contribution in [3.8, 4) is 0 Å². The lowest BCUT2D eigenvalue weighted by atomic mass is 10.1. The van der Waals surface area contributed by atoms with E-state index in [1.54, 1.807) is 17.7 Å². The highest BCUT2D eigenvalue weighted by atomic mass is 32.1. The van der Waals surface area contributed by atoms with E-state index in [2.05, 4.69) is 5.32 Å². The van der Waals surface area contributed by atoms with E-state index in [0.29, 0.717) is 11.1 Å². The molecule has 1 aromatic heterocycles. The first-order chi connectivity index (χ1) is 9.90. The van der Waals surface area contributed by atoms with Crippen LogP contribution in [0.2, 0.25) is 0 Å². The predicted molar refractivity (Wildman–Crippen MR) is 73.3 cm³/mol. The molecule has 7 heteroatoms. The predicted octanol–water partition coefficient (Wildman–Crippen LogP) is 2.89. The van der Waals surface area contributed by atoms with Crippen molar-refractivity contribution in [2.24, 2.45) is 0 Å². The first kappa shape index (κ1) is 15.1. The zero-order valence-electron chi connectivity index (χ0n) is 10.9. The van der Waals surface area contributed by atoms with Gasteiger partial charge in [0.1, 0.15) is 11.6 Å². The summed E-state index contributed by atoms with van der Waals surface area (Å²) in [5.41, 5.74) is 0.563. The van der Waals surface area contributed by atoms with Crippen molar-refractivity contribution in [3.63, 3.8) is 0 Å². The van der Waals surface area contributed by atoms with Gasteiger partial charge in [-0.15, -0.1) is 0 Å². The molecule has 0 saturated carbocycles. The van der Waals surface area contributed by atoms with E-state index in [0.717, 1.165) is 18.2 Å². The van der Waals surface area contributed by atoms with Gasteiger partial charge in [0.15, 0.2) is 6.04 Å². The number of benzene rings is 1. The number of hydrogen-bond acceptors (Lipinski definition) is 3. The Balaban J connectivity index is 2.32. The van der Waals surface area contributed by atoms with Crippen LogP contribution in [0.4, 0.5) is 8.78 Å². The molecule has 2 aromatic rings. The number of aliphatic carboxylic acids is 1. The molecule has 2 N–H and O–H groups in total. The quantitative estimate of drug-likeness (QED) is 0.912. The van der Waals surface area contributed by atoms with Gasteiger partial charge in [0.25, 0.3) is 5.91 Å². The average Bonchev–Trinajstić information content (AvgIpc) is 2.85. The van der Waals surface area contributed by atoms with Crippen LogP contribution in [0.5, 0.6) is 0 Å². The lowest BCUT2D eigenvalue weighted by Gasteiger charge is -2.15.